The summed E-state index contributed by atoms with van der Waals surface area (Å²) in [6.45, 7) is 4.18. The zero-order valence-electron chi connectivity index (χ0n) is 15.5. The number of nitrogens with one attached hydrogen (secondary N) is 1. The van der Waals surface area contributed by atoms with Crippen LogP contribution in [-0.4, -0.2) is 36.6 Å². The first-order valence-corrected chi connectivity index (χ1v) is 10.1. The number of carbonyl (C=O) groups excluding carboxylic acids is 1. The molecular weight excluding hydrogens is 382 g/mol. The number of nitro groups is 1. The molecule has 0 bridgehead atoms. The van der Waals surface area contributed by atoms with E-state index >= 15 is 0 Å². The molecule has 0 spiro atoms. The van der Waals surface area contributed by atoms with Crippen molar-refractivity contribution < 1.29 is 18.1 Å². The highest BCUT2D eigenvalue weighted by Crippen LogP contribution is 2.21. The fourth-order valence-electron chi connectivity index (χ4n) is 2.59. The van der Waals surface area contributed by atoms with Crippen molar-refractivity contribution in [3.63, 3.8) is 0 Å². The van der Waals surface area contributed by atoms with Crippen LogP contribution in [-0.2, 0) is 14.8 Å². The molecule has 1 amide bonds. The van der Waals surface area contributed by atoms with Gasteiger partial charge in [0.05, 0.1) is 15.4 Å². The van der Waals surface area contributed by atoms with Crippen molar-refractivity contribution in [2.45, 2.75) is 18.7 Å². The van der Waals surface area contributed by atoms with Crippen LogP contribution in [0.4, 0.5) is 11.4 Å². The molecule has 0 unspecified atom stereocenters. The molecular formula is C19H21N3O5S. The number of para-hydroxylation sites is 1. The summed E-state index contributed by atoms with van der Waals surface area (Å²) in [7, 11) is -3.64. The Labute approximate surface area is 163 Å². The zero-order valence-corrected chi connectivity index (χ0v) is 16.3. The summed E-state index contributed by atoms with van der Waals surface area (Å²) in [5.74, 6) is -0.532. The van der Waals surface area contributed by atoms with Crippen LogP contribution in [0.1, 0.15) is 19.4 Å². The molecule has 0 aliphatic carbocycles. The molecule has 0 aliphatic rings. The van der Waals surface area contributed by atoms with Crippen molar-refractivity contribution in [2.24, 2.45) is 0 Å². The molecule has 0 radical (unpaired) electrons. The van der Waals surface area contributed by atoms with Gasteiger partial charge in [0.15, 0.2) is 0 Å². The van der Waals surface area contributed by atoms with E-state index < -0.39 is 20.9 Å². The minimum atomic E-state index is -3.64. The van der Waals surface area contributed by atoms with Crippen LogP contribution < -0.4 is 5.32 Å². The van der Waals surface area contributed by atoms with E-state index in [1.165, 1.54) is 46.8 Å². The molecule has 0 aliphatic heterocycles. The Morgan fingerprint density at radius 3 is 2.46 bits per heavy atom. The number of anilines is 1. The summed E-state index contributed by atoms with van der Waals surface area (Å²) >= 11 is 0. The predicted molar refractivity (Wildman–Crippen MR) is 107 cm³/mol. The van der Waals surface area contributed by atoms with Crippen LogP contribution in [0.15, 0.2) is 59.5 Å². The minimum absolute atomic E-state index is 0.0803. The Morgan fingerprint density at radius 1 is 1.14 bits per heavy atom. The normalized spacial score (nSPS) is 11.7. The van der Waals surface area contributed by atoms with Gasteiger partial charge in [0.2, 0.25) is 15.9 Å². The lowest BCUT2D eigenvalue weighted by molar-refractivity contribution is -0.385. The second-order valence-electron chi connectivity index (χ2n) is 5.76. The van der Waals surface area contributed by atoms with Crippen LogP contribution in [0.5, 0.6) is 0 Å². The Kier molecular flexibility index (Phi) is 7.02. The van der Waals surface area contributed by atoms with E-state index in [1.807, 2.05) is 0 Å². The lowest BCUT2D eigenvalue weighted by Crippen LogP contribution is -2.30. The molecule has 0 saturated carbocycles. The number of sulfonamides is 1. The van der Waals surface area contributed by atoms with Crippen molar-refractivity contribution in [3.8, 4) is 0 Å². The quantitative estimate of drug-likeness (QED) is 0.413. The van der Waals surface area contributed by atoms with Gasteiger partial charge in [-0.15, -0.1) is 0 Å². The number of amides is 1. The van der Waals surface area contributed by atoms with Crippen LogP contribution in [0.3, 0.4) is 0 Å². The molecule has 148 valence electrons. The molecule has 2 rings (SSSR count). The number of hydrogen-bond acceptors (Lipinski definition) is 5. The topological polar surface area (TPSA) is 110 Å². The molecule has 2 aromatic carbocycles. The lowest BCUT2D eigenvalue weighted by atomic mass is 10.1. The van der Waals surface area contributed by atoms with E-state index in [2.05, 4.69) is 5.32 Å². The standard InChI is InChI=1S/C19H21N3O5S/c1-3-21(4-2)28(26,27)17-10-7-9-16(14-17)20-19(23)13-12-15-8-5-6-11-18(15)22(24)25/h5-14H,3-4H2,1-2H3,(H,20,23)/b13-12+. The molecule has 0 saturated heterocycles. The maximum Gasteiger partial charge on any atom is 0.276 e. The van der Waals surface area contributed by atoms with Crippen molar-refractivity contribution in [1.82, 2.24) is 4.31 Å². The molecule has 1 N–H and O–H groups in total. The fourth-order valence-corrected chi connectivity index (χ4v) is 4.10. The van der Waals surface area contributed by atoms with Gasteiger partial charge in [-0.1, -0.05) is 32.0 Å². The smallest absolute Gasteiger partial charge is 0.276 e. The van der Waals surface area contributed by atoms with E-state index in [9.17, 15) is 23.3 Å². The maximum absolute atomic E-state index is 12.6. The second-order valence-corrected chi connectivity index (χ2v) is 7.69. The molecule has 0 heterocycles. The summed E-state index contributed by atoms with van der Waals surface area (Å²) in [5.41, 5.74) is 0.491. The molecule has 2 aromatic rings. The average Bonchev–Trinajstić information content (AvgIpc) is 2.67. The van der Waals surface area contributed by atoms with Crippen molar-refractivity contribution in [3.05, 3.63) is 70.3 Å². The molecule has 0 atom stereocenters. The molecule has 28 heavy (non-hydrogen) atoms. The highest BCUT2D eigenvalue weighted by atomic mass is 32.2. The Morgan fingerprint density at radius 2 is 1.82 bits per heavy atom. The Bertz CT molecular complexity index is 998. The number of rotatable bonds is 8. The first-order valence-electron chi connectivity index (χ1n) is 8.62. The highest BCUT2D eigenvalue weighted by molar-refractivity contribution is 7.89. The van der Waals surface area contributed by atoms with Crippen LogP contribution in [0, 0.1) is 10.1 Å². The number of nitro benzene ring substituents is 1. The SMILES string of the molecule is CCN(CC)S(=O)(=O)c1cccc(NC(=O)/C=C/c2ccccc2[N+](=O)[O-])c1. The Balaban J connectivity index is 2.19. The first kappa shape index (κ1) is 21.3. The van der Waals surface area contributed by atoms with Crippen LogP contribution in [0.2, 0.25) is 0 Å². The van der Waals surface area contributed by atoms with E-state index in [1.54, 1.807) is 26.0 Å². The van der Waals surface area contributed by atoms with Gasteiger partial charge >= 0.3 is 0 Å². The van der Waals surface area contributed by atoms with Gasteiger partial charge in [0.25, 0.3) is 5.69 Å². The largest absolute Gasteiger partial charge is 0.322 e. The second kappa shape index (κ2) is 9.25. The maximum atomic E-state index is 12.6. The predicted octanol–water partition coefficient (Wildman–Crippen LogP) is 3.28. The number of carbonyl (C=O) groups is 1. The molecule has 0 aromatic heterocycles. The highest BCUT2D eigenvalue weighted by Gasteiger charge is 2.21. The fraction of sp³-hybridized carbons (Fsp3) is 0.211. The number of benzene rings is 2. The van der Waals surface area contributed by atoms with Crippen molar-refractivity contribution >= 4 is 33.4 Å². The summed E-state index contributed by atoms with van der Waals surface area (Å²) in [6.07, 6.45) is 2.50. The van der Waals surface area contributed by atoms with Gasteiger partial charge in [-0.2, -0.15) is 4.31 Å². The third kappa shape index (κ3) is 5.02. The van der Waals surface area contributed by atoms with Crippen LogP contribution >= 0.6 is 0 Å². The zero-order chi connectivity index (χ0) is 20.7. The van der Waals surface area contributed by atoms with Gasteiger partial charge < -0.3 is 5.32 Å². The monoisotopic (exact) mass is 403 g/mol. The Hall–Kier alpha value is -3.04. The number of nitrogens with zero attached hydrogens (tertiary/aromatic N) is 2. The molecule has 8 nitrogen and oxygen atoms in total. The van der Waals surface area contributed by atoms with E-state index in [0.717, 1.165) is 6.08 Å². The van der Waals surface area contributed by atoms with Gasteiger partial charge in [-0.25, -0.2) is 8.42 Å². The van der Waals surface area contributed by atoms with Crippen molar-refractivity contribution in [1.29, 1.82) is 0 Å². The van der Waals surface area contributed by atoms with Gasteiger partial charge in [-0.3, -0.25) is 14.9 Å². The van der Waals surface area contributed by atoms with E-state index in [0.29, 0.717) is 24.3 Å². The average molecular weight is 403 g/mol. The van der Waals surface area contributed by atoms with E-state index in [-0.39, 0.29) is 10.6 Å². The van der Waals surface area contributed by atoms with E-state index in [4.69, 9.17) is 0 Å². The third-order valence-corrected chi connectivity index (χ3v) is 6.04. The summed E-state index contributed by atoms with van der Waals surface area (Å²) in [5, 5.41) is 13.6. The third-order valence-electron chi connectivity index (χ3n) is 3.99. The summed E-state index contributed by atoms with van der Waals surface area (Å²) in [4.78, 5) is 22.7. The lowest BCUT2D eigenvalue weighted by Gasteiger charge is -2.18. The molecule has 0 fully saturated rings. The van der Waals surface area contributed by atoms with Crippen LogP contribution in [0.25, 0.3) is 6.08 Å². The minimum Gasteiger partial charge on any atom is -0.322 e. The number of hydrogen-bond donors (Lipinski definition) is 1. The van der Waals surface area contributed by atoms with Gasteiger partial charge in [0, 0.05) is 30.9 Å². The molecule has 9 heteroatoms. The first-order chi connectivity index (χ1) is 13.3. The summed E-state index contributed by atoms with van der Waals surface area (Å²) in [6, 6.07) is 12.0. The van der Waals surface area contributed by atoms with Gasteiger partial charge in [0.1, 0.15) is 0 Å². The van der Waals surface area contributed by atoms with Gasteiger partial charge in [-0.05, 0) is 30.3 Å². The van der Waals surface area contributed by atoms with Crippen molar-refractivity contribution in [2.75, 3.05) is 18.4 Å². The summed E-state index contributed by atoms with van der Waals surface area (Å²) < 4.78 is 26.5.